The van der Waals surface area contributed by atoms with Gasteiger partial charge in [0, 0.05) is 18.0 Å². The van der Waals surface area contributed by atoms with Crippen molar-refractivity contribution in [1.82, 2.24) is 5.32 Å². The molecule has 1 heterocycles. The summed E-state index contributed by atoms with van der Waals surface area (Å²) in [6, 6.07) is 8.89. The summed E-state index contributed by atoms with van der Waals surface area (Å²) < 4.78 is 25.0. The Kier molecular flexibility index (Phi) is 4.99. The second kappa shape index (κ2) is 7.23. The van der Waals surface area contributed by atoms with Crippen molar-refractivity contribution in [3.63, 3.8) is 0 Å². The molecule has 1 aromatic heterocycles. The van der Waals surface area contributed by atoms with Crippen LogP contribution in [0.5, 0.6) is 5.75 Å². The van der Waals surface area contributed by atoms with E-state index in [0.29, 0.717) is 39.2 Å². The van der Waals surface area contributed by atoms with Crippen LogP contribution in [0.2, 0.25) is 0 Å². The topological polar surface area (TPSA) is 68.5 Å². The largest absolute Gasteiger partial charge is 0.490 e. The molecule has 3 aromatic rings. The quantitative estimate of drug-likeness (QED) is 0.668. The molecule has 6 heteroatoms. The number of halogens is 1. The standard InChI is InChI=1S/C21H20FNO4/c1-11(2)26-17-10-16-18(9-15(17)12(3)24)27-20(19(16)21(25)23-4)13-5-7-14(22)8-6-13/h5-11H,1-4H3,(H,23,25). The summed E-state index contributed by atoms with van der Waals surface area (Å²) in [6.07, 6.45) is -0.146. The first-order chi connectivity index (χ1) is 12.8. The predicted octanol–water partition coefficient (Wildman–Crippen LogP) is 4.59. The molecule has 0 aliphatic carbocycles. The number of ether oxygens (including phenoxy) is 1. The molecule has 0 bridgehead atoms. The van der Waals surface area contributed by atoms with Crippen molar-refractivity contribution in [3.8, 4) is 17.1 Å². The van der Waals surface area contributed by atoms with Crippen LogP contribution >= 0.6 is 0 Å². The van der Waals surface area contributed by atoms with Gasteiger partial charge >= 0.3 is 0 Å². The van der Waals surface area contributed by atoms with E-state index in [2.05, 4.69) is 5.32 Å². The van der Waals surface area contributed by atoms with E-state index < -0.39 is 0 Å². The molecule has 0 radical (unpaired) electrons. The molecule has 5 nitrogen and oxygen atoms in total. The molecule has 0 aliphatic heterocycles. The first kappa shape index (κ1) is 18.6. The molecule has 0 unspecified atom stereocenters. The van der Waals surface area contributed by atoms with E-state index in [1.165, 1.54) is 38.2 Å². The lowest BCUT2D eigenvalue weighted by molar-refractivity contribution is 0.0963. The Morgan fingerprint density at radius 2 is 1.81 bits per heavy atom. The van der Waals surface area contributed by atoms with E-state index in [0.717, 1.165) is 0 Å². The maximum absolute atomic E-state index is 13.3. The fourth-order valence-corrected chi connectivity index (χ4v) is 2.90. The number of ketones is 1. The smallest absolute Gasteiger partial charge is 0.255 e. The fraction of sp³-hybridized carbons (Fsp3) is 0.238. The van der Waals surface area contributed by atoms with Gasteiger partial charge in [0.15, 0.2) is 5.78 Å². The van der Waals surface area contributed by atoms with Gasteiger partial charge in [-0.15, -0.1) is 0 Å². The molecule has 0 saturated heterocycles. The van der Waals surface area contributed by atoms with Crippen molar-refractivity contribution >= 4 is 22.7 Å². The third-order valence-corrected chi connectivity index (χ3v) is 4.09. The van der Waals surface area contributed by atoms with Gasteiger partial charge in [-0.25, -0.2) is 4.39 Å². The summed E-state index contributed by atoms with van der Waals surface area (Å²) in [4.78, 5) is 24.6. The fourth-order valence-electron chi connectivity index (χ4n) is 2.90. The highest BCUT2D eigenvalue weighted by Crippen LogP contribution is 2.37. The van der Waals surface area contributed by atoms with Crippen LogP contribution in [0.1, 0.15) is 41.5 Å². The lowest BCUT2D eigenvalue weighted by Crippen LogP contribution is -2.18. The number of benzene rings is 2. The van der Waals surface area contributed by atoms with E-state index in [9.17, 15) is 14.0 Å². The Morgan fingerprint density at radius 3 is 2.37 bits per heavy atom. The number of carbonyl (C=O) groups is 2. The molecule has 0 atom stereocenters. The number of amides is 1. The first-order valence-corrected chi connectivity index (χ1v) is 8.58. The van der Waals surface area contributed by atoms with Crippen LogP contribution in [0.15, 0.2) is 40.8 Å². The molecule has 0 aliphatic rings. The highest BCUT2D eigenvalue weighted by molar-refractivity contribution is 6.13. The maximum Gasteiger partial charge on any atom is 0.255 e. The van der Waals surface area contributed by atoms with Gasteiger partial charge in [-0.05, 0) is 57.2 Å². The minimum absolute atomic E-state index is 0.146. The third kappa shape index (κ3) is 3.56. The number of furan rings is 1. The van der Waals surface area contributed by atoms with Gasteiger partial charge in [-0.3, -0.25) is 9.59 Å². The Labute approximate surface area is 156 Å². The van der Waals surface area contributed by atoms with Crippen LogP contribution < -0.4 is 10.1 Å². The second-order valence-corrected chi connectivity index (χ2v) is 6.46. The average Bonchev–Trinajstić information content (AvgIpc) is 2.98. The normalized spacial score (nSPS) is 11.0. The summed E-state index contributed by atoms with van der Waals surface area (Å²) in [7, 11) is 1.52. The highest BCUT2D eigenvalue weighted by atomic mass is 19.1. The first-order valence-electron chi connectivity index (χ1n) is 8.58. The van der Waals surface area contributed by atoms with E-state index in [-0.39, 0.29) is 23.6 Å². The van der Waals surface area contributed by atoms with Crippen LogP contribution in [0.25, 0.3) is 22.3 Å². The second-order valence-electron chi connectivity index (χ2n) is 6.46. The van der Waals surface area contributed by atoms with Gasteiger partial charge in [0.1, 0.15) is 22.9 Å². The maximum atomic E-state index is 13.3. The molecule has 1 N–H and O–H groups in total. The molecule has 0 spiro atoms. The van der Waals surface area contributed by atoms with Crippen molar-refractivity contribution in [1.29, 1.82) is 0 Å². The molecule has 1 amide bonds. The van der Waals surface area contributed by atoms with Crippen molar-refractivity contribution in [3.05, 3.63) is 53.3 Å². The van der Waals surface area contributed by atoms with Gasteiger partial charge in [-0.1, -0.05) is 0 Å². The third-order valence-electron chi connectivity index (χ3n) is 4.09. The van der Waals surface area contributed by atoms with Crippen molar-refractivity contribution < 1.29 is 23.1 Å². The lowest BCUT2D eigenvalue weighted by atomic mass is 10.0. The van der Waals surface area contributed by atoms with E-state index in [1.807, 2.05) is 13.8 Å². The zero-order valence-electron chi connectivity index (χ0n) is 15.6. The zero-order chi connectivity index (χ0) is 19.7. The highest BCUT2D eigenvalue weighted by Gasteiger charge is 2.24. The molecule has 2 aromatic carbocycles. The molecule has 0 saturated carbocycles. The summed E-state index contributed by atoms with van der Waals surface area (Å²) in [6.45, 7) is 5.15. The number of hydrogen-bond acceptors (Lipinski definition) is 4. The zero-order valence-corrected chi connectivity index (χ0v) is 15.6. The van der Waals surface area contributed by atoms with E-state index in [4.69, 9.17) is 9.15 Å². The molecule has 140 valence electrons. The summed E-state index contributed by atoms with van der Waals surface area (Å²) >= 11 is 0. The van der Waals surface area contributed by atoms with Gasteiger partial charge in [0.05, 0.1) is 17.2 Å². The minimum atomic E-state index is -0.386. The Hall–Kier alpha value is -3.15. The van der Waals surface area contributed by atoms with Crippen LogP contribution in [0, 0.1) is 5.82 Å². The number of Topliss-reactive ketones (excluding diaryl/α,β-unsaturated/α-hetero) is 1. The monoisotopic (exact) mass is 369 g/mol. The SMILES string of the molecule is CNC(=O)c1c(-c2ccc(F)cc2)oc2cc(C(C)=O)c(OC(C)C)cc12. The Morgan fingerprint density at radius 1 is 1.15 bits per heavy atom. The predicted molar refractivity (Wildman–Crippen MR) is 101 cm³/mol. The molecular weight excluding hydrogens is 349 g/mol. The number of fused-ring (bicyclic) bond motifs is 1. The lowest BCUT2D eigenvalue weighted by Gasteiger charge is -2.13. The molecule has 3 rings (SSSR count). The molecular formula is C21H20FNO4. The van der Waals surface area contributed by atoms with Crippen LogP contribution in [0.4, 0.5) is 4.39 Å². The van der Waals surface area contributed by atoms with Gasteiger partial charge < -0.3 is 14.5 Å². The summed E-state index contributed by atoms with van der Waals surface area (Å²) in [5.74, 6) is -0.210. The van der Waals surface area contributed by atoms with Crippen LogP contribution in [0.3, 0.4) is 0 Å². The number of carbonyl (C=O) groups excluding carboxylic acids is 2. The van der Waals surface area contributed by atoms with Gasteiger partial charge in [0.25, 0.3) is 5.91 Å². The molecule has 27 heavy (non-hydrogen) atoms. The van der Waals surface area contributed by atoms with Crippen LogP contribution in [-0.2, 0) is 0 Å². The van der Waals surface area contributed by atoms with Gasteiger partial charge in [-0.2, -0.15) is 0 Å². The van der Waals surface area contributed by atoms with E-state index >= 15 is 0 Å². The minimum Gasteiger partial charge on any atom is -0.490 e. The average molecular weight is 369 g/mol. The molecule has 0 fully saturated rings. The van der Waals surface area contributed by atoms with Crippen molar-refractivity contribution in [2.75, 3.05) is 7.05 Å². The van der Waals surface area contributed by atoms with Crippen molar-refractivity contribution in [2.45, 2.75) is 26.9 Å². The number of nitrogens with one attached hydrogen (secondary N) is 1. The summed E-state index contributed by atoms with van der Waals surface area (Å²) in [5, 5.41) is 3.12. The van der Waals surface area contributed by atoms with Gasteiger partial charge in [0.2, 0.25) is 0 Å². The van der Waals surface area contributed by atoms with Crippen LogP contribution in [-0.4, -0.2) is 24.8 Å². The Bertz CT molecular complexity index is 1020. The van der Waals surface area contributed by atoms with Crippen molar-refractivity contribution in [2.24, 2.45) is 0 Å². The van der Waals surface area contributed by atoms with E-state index in [1.54, 1.807) is 12.1 Å². The number of hydrogen-bond donors (Lipinski definition) is 1. The summed E-state index contributed by atoms with van der Waals surface area (Å²) in [5.41, 5.74) is 1.62. The number of rotatable bonds is 5. The Balaban J connectivity index is 2.32.